The lowest BCUT2D eigenvalue weighted by Gasteiger charge is -1.99. The molecule has 0 fully saturated rings. The van der Waals surface area contributed by atoms with Crippen molar-refractivity contribution in [3.63, 3.8) is 0 Å². The normalized spacial score (nSPS) is 10.6. The summed E-state index contributed by atoms with van der Waals surface area (Å²) < 4.78 is 2.31. The minimum Gasteiger partial charge on any atom is -0.326 e. The van der Waals surface area contributed by atoms with Crippen LogP contribution in [0.15, 0.2) is 24.4 Å². The van der Waals surface area contributed by atoms with Gasteiger partial charge in [-0.25, -0.2) is 4.98 Å². The summed E-state index contributed by atoms with van der Waals surface area (Å²) in [5.74, 6) is -0.505. The minimum atomic E-state index is -0.366. The molecule has 0 spiro atoms. The molecular weight excluding hydrogens is 304 g/mol. The average molecular weight is 316 g/mol. The second kappa shape index (κ2) is 5.53. The third kappa shape index (κ3) is 2.93. The van der Waals surface area contributed by atoms with E-state index in [1.54, 1.807) is 19.2 Å². The number of aryl methyl sites for hydroxylation is 1. The van der Waals surface area contributed by atoms with Gasteiger partial charge in [-0.2, -0.15) is 0 Å². The highest BCUT2D eigenvalue weighted by Gasteiger charge is 2.13. The van der Waals surface area contributed by atoms with E-state index in [1.807, 2.05) is 6.07 Å². The number of carbonyl (C=O) groups is 2. The Labute approximate surface area is 129 Å². The van der Waals surface area contributed by atoms with Crippen molar-refractivity contribution in [2.24, 2.45) is 7.05 Å². The molecule has 9 heteroatoms. The topological polar surface area (TPSA) is 102 Å². The third-order valence-corrected chi connectivity index (χ3v) is 3.70. The molecule has 3 rings (SSSR count). The number of carbonyl (C=O) groups excluding carboxylic acids is 2. The molecule has 0 aliphatic rings. The number of benzene rings is 1. The van der Waals surface area contributed by atoms with Crippen molar-refractivity contribution in [2.45, 2.75) is 6.92 Å². The molecule has 2 N–H and O–H groups in total. The van der Waals surface area contributed by atoms with Crippen LogP contribution in [0.3, 0.4) is 0 Å². The summed E-state index contributed by atoms with van der Waals surface area (Å²) in [5, 5.41) is 13.3. The van der Waals surface area contributed by atoms with Crippen LogP contribution in [0.5, 0.6) is 0 Å². The second-order valence-corrected chi connectivity index (χ2v) is 5.64. The van der Waals surface area contributed by atoms with Crippen LogP contribution in [-0.4, -0.2) is 31.8 Å². The van der Waals surface area contributed by atoms with Crippen molar-refractivity contribution in [1.29, 1.82) is 0 Å². The Morgan fingerprint density at radius 3 is 2.77 bits per heavy atom. The molecular formula is C13H12N6O2S. The summed E-state index contributed by atoms with van der Waals surface area (Å²) in [6, 6.07) is 5.36. The smallest absolute Gasteiger partial charge is 0.279 e. The molecule has 8 nitrogen and oxygen atoms in total. The van der Waals surface area contributed by atoms with E-state index in [0.29, 0.717) is 10.8 Å². The van der Waals surface area contributed by atoms with E-state index < -0.39 is 0 Å². The molecule has 22 heavy (non-hydrogen) atoms. The van der Waals surface area contributed by atoms with Gasteiger partial charge in [0.2, 0.25) is 5.91 Å². The lowest BCUT2D eigenvalue weighted by atomic mass is 10.3. The van der Waals surface area contributed by atoms with Gasteiger partial charge >= 0.3 is 0 Å². The number of hydrogen-bond acceptors (Lipinski definition) is 6. The maximum atomic E-state index is 12.0. The molecule has 1 aromatic carbocycles. The van der Waals surface area contributed by atoms with Crippen LogP contribution in [-0.2, 0) is 11.8 Å². The summed E-state index contributed by atoms with van der Waals surface area (Å²) in [6.45, 7) is 1.45. The molecule has 2 aromatic heterocycles. The average Bonchev–Trinajstić information content (AvgIpc) is 3.03. The summed E-state index contributed by atoms with van der Waals surface area (Å²) in [4.78, 5) is 27.4. The van der Waals surface area contributed by atoms with Crippen molar-refractivity contribution in [1.82, 2.24) is 20.0 Å². The molecule has 3 aromatic rings. The lowest BCUT2D eigenvalue weighted by molar-refractivity contribution is -0.114. The van der Waals surface area contributed by atoms with Gasteiger partial charge in [0.15, 0.2) is 10.8 Å². The number of amides is 2. The predicted molar refractivity (Wildman–Crippen MR) is 82.9 cm³/mol. The highest BCUT2D eigenvalue weighted by molar-refractivity contribution is 7.22. The van der Waals surface area contributed by atoms with E-state index in [2.05, 4.69) is 25.9 Å². The van der Waals surface area contributed by atoms with E-state index in [9.17, 15) is 9.59 Å². The molecule has 0 unspecified atom stereocenters. The highest BCUT2D eigenvalue weighted by atomic mass is 32.1. The zero-order chi connectivity index (χ0) is 15.7. The monoisotopic (exact) mass is 316 g/mol. The van der Waals surface area contributed by atoms with Gasteiger partial charge in [0.1, 0.15) is 0 Å². The molecule has 112 valence electrons. The van der Waals surface area contributed by atoms with Gasteiger partial charge < -0.3 is 5.32 Å². The molecule has 0 atom stereocenters. The number of rotatable bonds is 3. The van der Waals surface area contributed by atoms with Gasteiger partial charge in [0, 0.05) is 19.7 Å². The zero-order valence-corrected chi connectivity index (χ0v) is 12.6. The second-order valence-electron chi connectivity index (χ2n) is 4.61. The predicted octanol–water partition coefficient (Wildman–Crippen LogP) is 1.64. The van der Waals surface area contributed by atoms with E-state index in [1.165, 1.54) is 29.1 Å². The Morgan fingerprint density at radius 1 is 1.27 bits per heavy atom. The van der Waals surface area contributed by atoms with Crippen LogP contribution in [0.2, 0.25) is 0 Å². The van der Waals surface area contributed by atoms with Crippen molar-refractivity contribution in [3.05, 3.63) is 30.1 Å². The van der Waals surface area contributed by atoms with E-state index in [4.69, 9.17) is 0 Å². The number of fused-ring (bicyclic) bond motifs is 1. The first-order valence-corrected chi connectivity index (χ1v) is 7.19. The number of thiazole rings is 1. The first-order chi connectivity index (χ1) is 10.5. The standard InChI is InChI=1S/C13H12N6O2S/c1-7(20)14-8-3-4-9-11(5-8)22-13(15-9)16-12(21)10-6-19(2)18-17-10/h3-6H,1-2H3,(H,14,20)(H,15,16,21). The SMILES string of the molecule is CC(=O)Nc1ccc2nc(NC(=O)c3cn(C)nn3)sc2c1. The fraction of sp³-hybridized carbons (Fsp3) is 0.154. The van der Waals surface area contributed by atoms with Gasteiger partial charge in [0.25, 0.3) is 5.91 Å². The van der Waals surface area contributed by atoms with E-state index in [0.717, 1.165) is 10.2 Å². The summed E-state index contributed by atoms with van der Waals surface area (Å²) in [7, 11) is 1.69. The maximum absolute atomic E-state index is 12.0. The molecule has 0 aliphatic heterocycles. The summed E-state index contributed by atoms with van der Waals surface area (Å²) in [5.41, 5.74) is 1.66. The molecule has 0 saturated heterocycles. The molecule has 0 saturated carbocycles. The van der Waals surface area contributed by atoms with Crippen LogP contribution < -0.4 is 10.6 Å². The summed E-state index contributed by atoms with van der Waals surface area (Å²) in [6.07, 6.45) is 1.53. The Bertz CT molecular complexity index is 868. The lowest BCUT2D eigenvalue weighted by Crippen LogP contribution is -2.12. The molecule has 2 amide bonds. The first-order valence-electron chi connectivity index (χ1n) is 6.37. The largest absolute Gasteiger partial charge is 0.326 e. The van der Waals surface area contributed by atoms with Crippen LogP contribution >= 0.6 is 11.3 Å². The Hall–Kier alpha value is -2.81. The molecule has 0 bridgehead atoms. The van der Waals surface area contributed by atoms with Crippen LogP contribution in [0, 0.1) is 0 Å². The molecule has 2 heterocycles. The fourth-order valence-corrected chi connectivity index (χ4v) is 2.77. The van der Waals surface area contributed by atoms with Gasteiger partial charge in [0.05, 0.1) is 16.4 Å². The van der Waals surface area contributed by atoms with E-state index in [-0.39, 0.29) is 17.5 Å². The van der Waals surface area contributed by atoms with Crippen molar-refractivity contribution < 1.29 is 9.59 Å². The Kier molecular flexibility index (Phi) is 3.55. The molecule has 0 aliphatic carbocycles. The maximum Gasteiger partial charge on any atom is 0.279 e. The van der Waals surface area contributed by atoms with Crippen LogP contribution in [0.1, 0.15) is 17.4 Å². The van der Waals surface area contributed by atoms with Gasteiger partial charge in [-0.1, -0.05) is 16.6 Å². The number of anilines is 2. The number of nitrogens with zero attached hydrogens (tertiary/aromatic N) is 4. The van der Waals surface area contributed by atoms with E-state index >= 15 is 0 Å². The minimum absolute atomic E-state index is 0.139. The summed E-state index contributed by atoms with van der Waals surface area (Å²) >= 11 is 1.32. The highest BCUT2D eigenvalue weighted by Crippen LogP contribution is 2.28. The fourth-order valence-electron chi connectivity index (χ4n) is 1.87. The number of aromatic nitrogens is 4. The Morgan fingerprint density at radius 2 is 2.09 bits per heavy atom. The quantitative estimate of drug-likeness (QED) is 0.764. The Balaban J connectivity index is 1.82. The van der Waals surface area contributed by atoms with Crippen molar-refractivity contribution >= 4 is 44.2 Å². The number of nitrogens with one attached hydrogen (secondary N) is 2. The van der Waals surface area contributed by atoms with Crippen molar-refractivity contribution in [2.75, 3.05) is 10.6 Å². The van der Waals surface area contributed by atoms with Gasteiger partial charge in [-0.05, 0) is 18.2 Å². The molecule has 0 radical (unpaired) electrons. The van der Waals surface area contributed by atoms with Crippen LogP contribution in [0.25, 0.3) is 10.2 Å². The zero-order valence-electron chi connectivity index (χ0n) is 11.8. The van der Waals surface area contributed by atoms with Crippen molar-refractivity contribution in [3.8, 4) is 0 Å². The van der Waals surface area contributed by atoms with Crippen LogP contribution in [0.4, 0.5) is 10.8 Å². The first kappa shape index (κ1) is 14.1. The number of hydrogen-bond donors (Lipinski definition) is 2. The third-order valence-electron chi connectivity index (χ3n) is 2.76. The van der Waals surface area contributed by atoms with Gasteiger partial charge in [-0.3, -0.25) is 19.6 Å². The van der Waals surface area contributed by atoms with Gasteiger partial charge in [-0.15, -0.1) is 5.10 Å².